The van der Waals surface area contributed by atoms with Crippen LogP contribution in [-0.4, -0.2) is 0 Å². The highest BCUT2D eigenvalue weighted by Crippen LogP contribution is 2.64. The third kappa shape index (κ3) is 3.08. The maximum absolute atomic E-state index is 10.3. The van der Waals surface area contributed by atoms with E-state index >= 15 is 0 Å². The molecule has 0 saturated heterocycles. The maximum atomic E-state index is 10.3. The summed E-state index contributed by atoms with van der Waals surface area (Å²) in [5.41, 5.74) is -17.2. The second-order valence-corrected chi connectivity index (χ2v) is 10.5. The number of fused-ring (bicyclic) bond motifs is 14. The largest absolute Gasteiger partial charge is 0.457 e. The first kappa shape index (κ1) is 9.55. The van der Waals surface area contributed by atoms with Crippen molar-refractivity contribution in [3.63, 3.8) is 0 Å². The van der Waals surface area contributed by atoms with Crippen LogP contribution in [0, 0.1) is 0 Å². The van der Waals surface area contributed by atoms with E-state index in [1.54, 1.807) is 0 Å². The Balaban J connectivity index is 1.50. The van der Waals surface area contributed by atoms with Gasteiger partial charge in [0.05, 0.1) is 38.3 Å². The lowest BCUT2D eigenvalue weighted by Crippen LogP contribution is -2.26. The number of ether oxygens (including phenoxy) is 1. The molecule has 1 heteroatoms. The Hall–Kier alpha value is -5.40. The van der Waals surface area contributed by atoms with Crippen LogP contribution in [0.1, 0.15) is 88.2 Å². The predicted octanol–water partition coefficient (Wildman–Crippen LogP) is 11.3. The van der Waals surface area contributed by atoms with E-state index < -0.39 is 259 Å². The van der Waals surface area contributed by atoms with E-state index in [4.69, 9.17) is 28.0 Å². The Morgan fingerprint density at radius 3 is 1.96 bits per heavy atom. The van der Waals surface area contributed by atoms with E-state index in [9.17, 15) is 17.8 Å². The second kappa shape index (κ2) is 8.61. The molecule has 0 radical (unpaired) electrons. The highest BCUT2D eigenvalue weighted by Gasteiger charge is 2.52. The summed E-state index contributed by atoms with van der Waals surface area (Å²) in [5, 5.41) is -1.23. The van der Waals surface area contributed by atoms with Crippen molar-refractivity contribution in [2.45, 2.75) is 24.5 Å². The zero-order valence-corrected chi connectivity index (χ0v) is 22.4. The van der Waals surface area contributed by atoms with Gasteiger partial charge in [-0.3, -0.25) is 0 Å². The minimum atomic E-state index is -3.99. The zero-order chi connectivity index (χ0) is 55.8. The molecule has 3 aliphatic rings. The first-order valence-corrected chi connectivity index (χ1v) is 13.4. The van der Waals surface area contributed by atoms with Crippen LogP contribution in [0.25, 0.3) is 44.2 Å². The summed E-state index contributed by atoms with van der Waals surface area (Å²) in [6, 6.07) is -25.4. The van der Waals surface area contributed by atoms with Gasteiger partial charge in [-0.25, -0.2) is 0 Å². The van der Waals surface area contributed by atoms with Gasteiger partial charge in [-0.2, -0.15) is 0 Å². The first-order chi connectivity index (χ1) is 34.6. The molecule has 212 valence electrons. The van der Waals surface area contributed by atoms with Gasteiger partial charge < -0.3 is 4.74 Å². The van der Waals surface area contributed by atoms with Crippen molar-refractivity contribution in [2.24, 2.45) is 0 Å². The van der Waals surface area contributed by atoms with Crippen LogP contribution in [-0.2, 0) is 10.8 Å². The van der Waals surface area contributed by atoms with Crippen LogP contribution < -0.4 is 4.74 Å². The van der Waals surface area contributed by atoms with E-state index in [1.807, 2.05) is 0 Å². The number of benzene rings is 7. The lowest BCUT2D eigenvalue weighted by atomic mass is 9.70. The van der Waals surface area contributed by atoms with Gasteiger partial charge in [0.1, 0.15) is 11.5 Å². The lowest BCUT2D eigenvalue weighted by molar-refractivity contribution is 0.418. The van der Waals surface area contributed by atoms with Crippen molar-refractivity contribution in [1.82, 2.24) is 0 Å². The molecule has 1 aliphatic heterocycles. The molecule has 1 heterocycles. The van der Waals surface area contributed by atoms with Gasteiger partial charge in [0, 0.05) is 24.8 Å². The normalized spacial score (nSPS) is 27.6. The average molecular weight is 605 g/mol. The smallest absolute Gasteiger partial charge is 0.131 e. The molecule has 45 heavy (non-hydrogen) atoms. The standard InChI is InChI=1S/C44H30O/c1-43(2)36-17-9-10-18-40(36)45-41-24-21-29(26-39(41)43)28-19-22-32-31-13-5-7-15-34(31)44(38(32)25-28)35-16-8-6-14-33(35)42-30-12-4-3-11-27(30)20-23-37(42)44/h3-26H,1-2H3/i1D3,2D3,3D,4D,5D,6D,7D,8D,9D,10D,11D,12D,13D,14D,15D,16D,17D,18D,19D,20D,21D,22D,23D,24D,25D,26D. The van der Waals surface area contributed by atoms with Crippen LogP contribution in [0.15, 0.2) is 145 Å². The topological polar surface area (TPSA) is 9.23 Å². The molecule has 0 N–H and O–H groups in total. The van der Waals surface area contributed by atoms with Crippen LogP contribution in [0.4, 0.5) is 0 Å². The van der Waals surface area contributed by atoms with E-state index in [0.717, 1.165) is 0 Å². The van der Waals surface area contributed by atoms with Crippen LogP contribution >= 0.6 is 0 Å². The first-order valence-electron chi connectivity index (χ1n) is 28.4. The third-order valence-electron chi connectivity index (χ3n) is 8.32. The Morgan fingerprint density at radius 1 is 0.489 bits per heavy atom. The van der Waals surface area contributed by atoms with Crippen molar-refractivity contribution >= 4 is 10.8 Å². The molecule has 7 aromatic carbocycles. The fourth-order valence-electron chi connectivity index (χ4n) is 6.48. The monoisotopic (exact) mass is 604 g/mol. The molecule has 10 rings (SSSR count). The minimum absolute atomic E-state index is 0.584. The van der Waals surface area contributed by atoms with Gasteiger partial charge in [0.15, 0.2) is 0 Å². The highest BCUT2D eigenvalue weighted by atomic mass is 16.5. The van der Waals surface area contributed by atoms with E-state index in [-0.39, 0.29) is 0 Å². The summed E-state index contributed by atoms with van der Waals surface area (Å²) in [6.45, 7) is -7.98. The molecule has 1 nitrogen and oxygen atoms in total. The van der Waals surface area contributed by atoms with Crippen LogP contribution in [0.5, 0.6) is 11.5 Å². The molecule has 0 saturated carbocycles. The Morgan fingerprint density at radius 2 is 1.11 bits per heavy atom. The van der Waals surface area contributed by atoms with Crippen molar-refractivity contribution in [3.05, 3.63) is 178 Å². The number of hydrogen-bond acceptors (Lipinski definition) is 1. The number of rotatable bonds is 1. The molecule has 0 bridgehead atoms. The Bertz CT molecular complexity index is 3930. The van der Waals surface area contributed by atoms with Gasteiger partial charge in [-0.05, 0) is 90.6 Å². The van der Waals surface area contributed by atoms with Crippen LogP contribution in [0.2, 0.25) is 0 Å². The Labute approximate surface area is 305 Å². The molecule has 7 aromatic rings. The van der Waals surface area contributed by atoms with Crippen LogP contribution in [0.3, 0.4) is 0 Å². The summed E-state index contributed by atoms with van der Waals surface area (Å²) in [6.07, 6.45) is 0. The SMILES string of the molecule is [2H]c1c([2H])c([2H])c2c(c1[2H])Oc1c([2H])c([2H])c(-c3c([2H])c([2H])c4c(c3[2H])C3(c5c([2H])c([2H])c([2H])c([2H])c5-4)c4c([2H])c([2H])c([2H])c([2H])c4-c4c3c([2H])c([2H])c3c([2H])c([2H])c([2H])c([2H])c43)c([2H])c1C2(C([2H])([2H])[2H])C([2H])([2H])[2H]. The quantitative estimate of drug-likeness (QED) is 0.181. The summed E-state index contributed by atoms with van der Waals surface area (Å²) in [7, 11) is 0. The summed E-state index contributed by atoms with van der Waals surface area (Å²) < 4.78 is 279. The summed E-state index contributed by atoms with van der Waals surface area (Å²) in [4.78, 5) is 0. The molecule has 0 aromatic heterocycles. The average Bonchev–Trinajstić information content (AvgIpc) is 3.83. The molecule has 1 atom stereocenters. The van der Waals surface area contributed by atoms with Gasteiger partial charge >= 0.3 is 0 Å². The molecule has 0 fully saturated rings. The van der Waals surface area contributed by atoms with E-state index in [0.29, 0.717) is 0 Å². The van der Waals surface area contributed by atoms with Gasteiger partial charge in [0.2, 0.25) is 0 Å². The Kier molecular flexibility index (Phi) is 1.83. The summed E-state index contributed by atoms with van der Waals surface area (Å²) in [5.74, 6) is -2.24. The summed E-state index contributed by atoms with van der Waals surface area (Å²) >= 11 is 0. The molecule has 1 spiro atoms. The van der Waals surface area contributed by atoms with Gasteiger partial charge in [0.25, 0.3) is 0 Å². The lowest BCUT2D eigenvalue weighted by Gasteiger charge is -2.35. The third-order valence-corrected chi connectivity index (χ3v) is 8.32. The minimum Gasteiger partial charge on any atom is -0.457 e. The van der Waals surface area contributed by atoms with Crippen molar-refractivity contribution in [3.8, 4) is 44.9 Å². The predicted molar refractivity (Wildman–Crippen MR) is 184 cm³/mol. The second-order valence-electron chi connectivity index (χ2n) is 10.5. The fraction of sp³-hybridized carbons (Fsp3) is 0.0909. The molecule has 0 amide bonds. The van der Waals surface area contributed by atoms with Gasteiger partial charge in [-0.1, -0.05) is 135 Å². The fourth-order valence-corrected chi connectivity index (χ4v) is 6.48. The van der Waals surface area contributed by atoms with E-state index in [1.165, 1.54) is 0 Å². The van der Waals surface area contributed by atoms with Crippen molar-refractivity contribution < 1.29 is 45.9 Å². The number of hydrogen-bond donors (Lipinski definition) is 0. The van der Waals surface area contributed by atoms with Crippen molar-refractivity contribution in [1.29, 1.82) is 0 Å². The molecular formula is C44H30O. The number of para-hydroxylation sites is 1. The molecule has 1 unspecified atom stereocenters. The zero-order valence-electron chi connectivity index (χ0n) is 52.4. The maximum Gasteiger partial charge on any atom is 0.131 e. The van der Waals surface area contributed by atoms with Gasteiger partial charge in [-0.15, -0.1) is 0 Å². The van der Waals surface area contributed by atoms with E-state index in [2.05, 4.69) is 0 Å². The highest BCUT2D eigenvalue weighted by molar-refractivity contribution is 6.06. The molecule has 2 aliphatic carbocycles. The van der Waals surface area contributed by atoms with Crippen molar-refractivity contribution in [2.75, 3.05) is 0 Å². The molecular weight excluding hydrogens is 544 g/mol.